The minimum atomic E-state index is -1.06. The van der Waals surface area contributed by atoms with Crippen LogP contribution in [0.25, 0.3) is 20.7 Å². The van der Waals surface area contributed by atoms with E-state index in [1.54, 1.807) is 25.2 Å². The normalized spacial score (nSPS) is 18.8. The Kier molecular flexibility index (Phi) is 4.94. The zero-order chi connectivity index (χ0) is 21.6. The van der Waals surface area contributed by atoms with E-state index in [9.17, 15) is 19.2 Å². The van der Waals surface area contributed by atoms with Gasteiger partial charge >= 0.3 is 6.03 Å². The highest BCUT2D eigenvalue weighted by atomic mass is 32.1. The van der Waals surface area contributed by atoms with Gasteiger partial charge in [-0.3, -0.25) is 24.4 Å². The highest BCUT2D eigenvalue weighted by Gasteiger charge is 2.47. The maximum atomic E-state index is 13.0. The summed E-state index contributed by atoms with van der Waals surface area (Å²) < 4.78 is 1.17. The van der Waals surface area contributed by atoms with E-state index < -0.39 is 23.4 Å². The van der Waals surface area contributed by atoms with E-state index in [0.717, 1.165) is 15.3 Å². The van der Waals surface area contributed by atoms with Crippen molar-refractivity contribution in [2.24, 2.45) is 0 Å². The van der Waals surface area contributed by atoms with Gasteiger partial charge in [0.25, 0.3) is 17.4 Å². The van der Waals surface area contributed by atoms with Crippen LogP contribution in [0, 0.1) is 6.92 Å². The number of carbonyl (C=O) groups excluding carboxylic acids is 3. The van der Waals surface area contributed by atoms with Gasteiger partial charge in [-0.05, 0) is 32.4 Å². The van der Waals surface area contributed by atoms with Gasteiger partial charge in [0, 0.05) is 20.7 Å². The van der Waals surface area contributed by atoms with Gasteiger partial charge in [-0.25, -0.2) is 9.78 Å². The molecule has 0 bridgehead atoms. The van der Waals surface area contributed by atoms with Crippen LogP contribution in [-0.2, 0) is 16.1 Å². The number of hydrogen-bond acceptors (Lipinski definition) is 7. The topological polar surface area (TPSA) is 113 Å². The van der Waals surface area contributed by atoms with Crippen LogP contribution in [0.4, 0.5) is 4.79 Å². The van der Waals surface area contributed by atoms with Crippen LogP contribution in [0.1, 0.15) is 25.1 Å². The number of urea groups is 1. The second kappa shape index (κ2) is 7.33. The Morgan fingerprint density at radius 1 is 1.30 bits per heavy atom. The van der Waals surface area contributed by atoms with Crippen LogP contribution in [0.5, 0.6) is 0 Å². The molecule has 9 nitrogen and oxygen atoms in total. The highest BCUT2D eigenvalue weighted by molar-refractivity contribution is 7.19. The fourth-order valence-corrected chi connectivity index (χ4v) is 5.04. The molecule has 0 radical (unpaired) electrons. The first-order chi connectivity index (χ1) is 14.2. The van der Waals surface area contributed by atoms with Crippen LogP contribution in [0.15, 0.2) is 28.6 Å². The lowest BCUT2D eigenvalue weighted by Gasteiger charge is -2.19. The van der Waals surface area contributed by atoms with Gasteiger partial charge in [0.15, 0.2) is 0 Å². The Bertz CT molecular complexity index is 1240. The Morgan fingerprint density at radius 3 is 2.70 bits per heavy atom. The summed E-state index contributed by atoms with van der Waals surface area (Å²) in [6.07, 6.45) is 1.68. The number of fused-ring (bicyclic) bond motifs is 1. The molecule has 1 aliphatic rings. The molecule has 0 spiro atoms. The van der Waals surface area contributed by atoms with Crippen molar-refractivity contribution >= 4 is 50.7 Å². The average Bonchev–Trinajstić information content (AvgIpc) is 3.38. The van der Waals surface area contributed by atoms with E-state index in [0.29, 0.717) is 21.6 Å². The molecule has 30 heavy (non-hydrogen) atoms. The Morgan fingerprint density at radius 2 is 2.07 bits per heavy atom. The van der Waals surface area contributed by atoms with Crippen LogP contribution >= 0.6 is 22.7 Å². The third-order valence-electron chi connectivity index (χ3n) is 5.09. The fourth-order valence-electron chi connectivity index (χ4n) is 3.18. The second-order valence-electron chi connectivity index (χ2n) is 7.21. The Labute approximate surface area is 179 Å². The number of nitrogens with one attached hydrogen (secondary N) is 2. The number of nitrogens with zero attached hydrogens (tertiary/aromatic N) is 3. The lowest BCUT2D eigenvalue weighted by molar-refractivity contribution is -0.139. The summed E-state index contributed by atoms with van der Waals surface area (Å²) in [5.41, 5.74) is 1.65. The first-order valence-corrected chi connectivity index (χ1v) is 10.9. The summed E-state index contributed by atoms with van der Waals surface area (Å²) in [5.74, 6) is -1.22. The lowest BCUT2D eigenvalue weighted by atomic mass is 10.00. The lowest BCUT2D eigenvalue weighted by Crippen LogP contribution is -2.49. The van der Waals surface area contributed by atoms with Crippen molar-refractivity contribution in [3.8, 4) is 10.4 Å². The first kappa shape index (κ1) is 20.2. The van der Waals surface area contributed by atoms with Gasteiger partial charge in [0.2, 0.25) is 0 Å². The van der Waals surface area contributed by atoms with E-state index >= 15 is 0 Å². The third-order valence-corrected chi connectivity index (χ3v) is 7.01. The molecule has 156 valence electrons. The van der Waals surface area contributed by atoms with Crippen molar-refractivity contribution in [2.75, 3.05) is 0 Å². The van der Waals surface area contributed by atoms with Gasteiger partial charge in [-0.15, -0.1) is 22.7 Å². The highest BCUT2D eigenvalue weighted by Crippen LogP contribution is 2.34. The minimum Gasteiger partial charge on any atom is -0.322 e. The number of aryl methyl sites for hydroxylation is 1. The van der Waals surface area contributed by atoms with Crippen molar-refractivity contribution in [3.63, 3.8) is 0 Å². The molecule has 3 aromatic heterocycles. The van der Waals surface area contributed by atoms with E-state index in [4.69, 9.17) is 0 Å². The Hall–Kier alpha value is -3.05. The smallest absolute Gasteiger partial charge is 0.322 e. The number of carbonyl (C=O) groups is 3. The number of imide groups is 1. The average molecular weight is 446 g/mol. The Balaban J connectivity index is 1.59. The van der Waals surface area contributed by atoms with E-state index in [1.807, 2.05) is 24.4 Å². The van der Waals surface area contributed by atoms with Crippen LogP contribution in [0.2, 0.25) is 0 Å². The summed E-state index contributed by atoms with van der Waals surface area (Å²) in [5, 5.41) is 5.55. The number of hydrazine groups is 1. The molecule has 1 saturated heterocycles. The minimum absolute atomic E-state index is 0.354. The molecule has 4 rings (SSSR count). The predicted octanol–water partition coefficient (Wildman–Crippen LogP) is 2.25. The first-order valence-electron chi connectivity index (χ1n) is 9.23. The quantitative estimate of drug-likeness (QED) is 0.585. The van der Waals surface area contributed by atoms with Crippen molar-refractivity contribution < 1.29 is 14.4 Å². The predicted molar refractivity (Wildman–Crippen MR) is 114 cm³/mol. The maximum absolute atomic E-state index is 13.0. The van der Waals surface area contributed by atoms with Crippen molar-refractivity contribution in [3.05, 3.63) is 39.1 Å². The molecule has 3 aromatic rings. The summed E-state index contributed by atoms with van der Waals surface area (Å²) >= 11 is 2.94. The molecule has 0 unspecified atom stereocenters. The largest absolute Gasteiger partial charge is 0.344 e. The number of rotatable bonds is 5. The van der Waals surface area contributed by atoms with Crippen LogP contribution < -0.4 is 16.3 Å². The van der Waals surface area contributed by atoms with Gasteiger partial charge in [0.1, 0.15) is 16.9 Å². The van der Waals surface area contributed by atoms with Gasteiger partial charge in [-0.2, -0.15) is 5.01 Å². The van der Waals surface area contributed by atoms with Crippen LogP contribution in [0.3, 0.4) is 0 Å². The second-order valence-corrected chi connectivity index (χ2v) is 9.35. The molecule has 1 fully saturated rings. The van der Waals surface area contributed by atoms with Crippen LogP contribution in [-0.4, -0.2) is 37.9 Å². The third kappa shape index (κ3) is 3.29. The molecule has 4 heterocycles. The molecule has 1 aliphatic heterocycles. The SMILES string of the molecule is CC[C@]1(C)NC(=O)N(NC(=O)Cn2cnc3scc(-c4ccc(C)s4)c3c2=O)C1=O. The summed E-state index contributed by atoms with van der Waals surface area (Å²) in [4.78, 5) is 56.9. The number of aromatic nitrogens is 2. The molecular formula is C19H19N5O4S2. The van der Waals surface area contributed by atoms with Crippen molar-refractivity contribution in [1.82, 2.24) is 25.3 Å². The standard InChI is InChI=1S/C19H19N5O4S2/c1-4-19(3)17(27)24(18(28)21-19)22-13(25)7-23-9-20-15-14(16(23)26)11(8-29-15)12-6-5-10(2)30-12/h5-6,8-9H,4,7H2,1-3H3,(H,21,28)(H,22,25)/t19-/m0/s1. The van der Waals surface area contributed by atoms with Crippen molar-refractivity contribution in [2.45, 2.75) is 39.3 Å². The fraction of sp³-hybridized carbons (Fsp3) is 0.316. The molecule has 0 aliphatic carbocycles. The number of amides is 4. The van der Waals surface area contributed by atoms with Crippen molar-refractivity contribution in [1.29, 1.82) is 0 Å². The number of thiophene rings is 2. The van der Waals surface area contributed by atoms with Gasteiger partial charge in [-0.1, -0.05) is 6.92 Å². The molecular weight excluding hydrogens is 426 g/mol. The summed E-state index contributed by atoms with van der Waals surface area (Å²) in [6.45, 7) is 4.97. The molecule has 2 N–H and O–H groups in total. The molecule has 1 atom stereocenters. The summed E-state index contributed by atoms with van der Waals surface area (Å²) in [7, 11) is 0. The number of hydrogen-bond donors (Lipinski definition) is 2. The zero-order valence-electron chi connectivity index (χ0n) is 16.5. The van der Waals surface area contributed by atoms with E-state index in [2.05, 4.69) is 15.7 Å². The van der Waals surface area contributed by atoms with Gasteiger partial charge < -0.3 is 5.32 Å². The van der Waals surface area contributed by atoms with E-state index in [-0.39, 0.29) is 12.1 Å². The summed E-state index contributed by atoms with van der Waals surface area (Å²) in [6, 6.07) is 3.23. The van der Waals surface area contributed by atoms with Gasteiger partial charge in [0.05, 0.1) is 11.7 Å². The molecule has 4 amide bonds. The molecule has 0 aromatic carbocycles. The zero-order valence-corrected chi connectivity index (χ0v) is 18.1. The molecule has 11 heteroatoms. The maximum Gasteiger partial charge on any atom is 0.344 e. The molecule has 0 saturated carbocycles. The van der Waals surface area contributed by atoms with E-state index in [1.165, 1.54) is 22.2 Å². The monoisotopic (exact) mass is 445 g/mol.